The fraction of sp³-hybridized carbons (Fsp3) is 0.125. The van der Waals surface area contributed by atoms with Gasteiger partial charge in [-0.2, -0.15) is 0 Å². The van der Waals surface area contributed by atoms with E-state index in [0.29, 0.717) is 16.9 Å². The second kappa shape index (κ2) is 5.33. The highest BCUT2D eigenvalue weighted by Gasteiger charge is 2.35. The molecule has 2 aromatic rings. The molecule has 0 atom stereocenters. The van der Waals surface area contributed by atoms with E-state index in [-0.39, 0.29) is 18.4 Å². The highest BCUT2D eigenvalue weighted by Crippen LogP contribution is 2.29. The topological polar surface area (TPSA) is 46.6 Å². The van der Waals surface area contributed by atoms with E-state index in [1.54, 1.807) is 37.4 Å². The minimum atomic E-state index is -0.266. The number of amides is 2. The Morgan fingerprint density at radius 3 is 2.24 bits per heavy atom. The number of carbonyl (C=O) groups excluding carboxylic acids is 2. The summed E-state index contributed by atoms with van der Waals surface area (Å²) in [7, 11) is 1.56. The minimum Gasteiger partial charge on any atom is -0.496 e. The quantitative estimate of drug-likeness (QED) is 0.802. The lowest BCUT2D eigenvalue weighted by Gasteiger charge is -2.16. The fourth-order valence-corrected chi connectivity index (χ4v) is 2.83. The number of nitrogens with zero attached hydrogens (tertiary/aromatic N) is 1. The third-order valence-electron chi connectivity index (χ3n) is 3.45. The van der Waals surface area contributed by atoms with Crippen LogP contribution in [0.4, 0.5) is 0 Å². The summed E-state index contributed by atoms with van der Waals surface area (Å²) in [5, 5.41) is 0. The van der Waals surface area contributed by atoms with Crippen LogP contribution in [0.2, 0.25) is 0 Å². The number of halogens is 1. The molecule has 0 aromatic heterocycles. The molecule has 0 bridgehead atoms. The number of fused-ring (bicyclic) bond motifs is 1. The summed E-state index contributed by atoms with van der Waals surface area (Å²) < 4.78 is 6.16. The van der Waals surface area contributed by atoms with Gasteiger partial charge in [0.05, 0.1) is 24.8 Å². The van der Waals surface area contributed by atoms with Crippen molar-refractivity contribution in [3.05, 3.63) is 63.6 Å². The summed E-state index contributed by atoms with van der Waals surface area (Å²) >= 11 is 3.39. The van der Waals surface area contributed by atoms with E-state index in [1.165, 1.54) is 4.90 Å². The lowest BCUT2D eigenvalue weighted by Crippen LogP contribution is -2.29. The van der Waals surface area contributed by atoms with Gasteiger partial charge in [-0.1, -0.05) is 28.1 Å². The molecular formula is C16H12BrNO3. The van der Waals surface area contributed by atoms with E-state index in [0.717, 1.165) is 10.0 Å². The van der Waals surface area contributed by atoms with Gasteiger partial charge in [-0.15, -0.1) is 0 Å². The average molecular weight is 346 g/mol. The van der Waals surface area contributed by atoms with Crippen LogP contribution in [0, 0.1) is 0 Å². The number of ether oxygens (including phenoxy) is 1. The van der Waals surface area contributed by atoms with Crippen molar-refractivity contribution in [1.82, 2.24) is 4.90 Å². The largest absolute Gasteiger partial charge is 0.496 e. The highest BCUT2D eigenvalue weighted by atomic mass is 79.9. The second-order valence-electron chi connectivity index (χ2n) is 4.70. The number of carbonyl (C=O) groups is 2. The molecule has 0 fully saturated rings. The number of methoxy groups -OCH3 is 1. The molecule has 2 amide bonds. The molecule has 0 spiro atoms. The first kappa shape index (κ1) is 13.8. The maximum Gasteiger partial charge on any atom is 0.261 e. The maximum absolute atomic E-state index is 12.3. The molecule has 0 saturated heterocycles. The van der Waals surface area contributed by atoms with E-state index >= 15 is 0 Å². The van der Waals surface area contributed by atoms with Crippen molar-refractivity contribution in [2.45, 2.75) is 6.54 Å². The first-order valence-corrected chi connectivity index (χ1v) is 7.18. The molecule has 0 unspecified atom stereocenters. The molecule has 0 aliphatic carbocycles. The summed E-state index contributed by atoms with van der Waals surface area (Å²) in [6.07, 6.45) is 0. The standard InChI is InChI=1S/C16H12BrNO3/c1-21-14-7-6-11(17)8-10(14)9-18-15(19)12-4-2-3-5-13(12)16(18)20/h2-8H,9H2,1H3. The van der Waals surface area contributed by atoms with Gasteiger partial charge < -0.3 is 4.74 Å². The Kier molecular flexibility index (Phi) is 3.51. The fourth-order valence-electron chi connectivity index (χ4n) is 2.42. The maximum atomic E-state index is 12.3. The van der Waals surface area contributed by atoms with Gasteiger partial charge >= 0.3 is 0 Å². The van der Waals surface area contributed by atoms with Gasteiger partial charge in [0.1, 0.15) is 5.75 Å². The van der Waals surface area contributed by atoms with Crippen LogP contribution in [0.1, 0.15) is 26.3 Å². The molecule has 1 aliphatic heterocycles. The molecule has 0 radical (unpaired) electrons. The summed E-state index contributed by atoms with van der Waals surface area (Å²) in [4.78, 5) is 25.9. The molecule has 2 aromatic carbocycles. The van der Waals surface area contributed by atoms with Gasteiger partial charge in [0, 0.05) is 10.0 Å². The summed E-state index contributed by atoms with van der Waals surface area (Å²) in [6.45, 7) is 0.189. The van der Waals surface area contributed by atoms with Crippen LogP contribution in [0.3, 0.4) is 0 Å². The van der Waals surface area contributed by atoms with Crippen LogP contribution < -0.4 is 4.74 Å². The minimum absolute atomic E-state index is 0.189. The molecular weight excluding hydrogens is 334 g/mol. The third kappa shape index (κ3) is 2.34. The number of hydrogen-bond acceptors (Lipinski definition) is 3. The average Bonchev–Trinajstić information content (AvgIpc) is 2.73. The molecule has 3 rings (SSSR count). The van der Waals surface area contributed by atoms with Crippen molar-refractivity contribution in [2.24, 2.45) is 0 Å². The van der Waals surface area contributed by atoms with E-state index < -0.39 is 0 Å². The van der Waals surface area contributed by atoms with Crippen LogP contribution in [-0.2, 0) is 6.54 Å². The van der Waals surface area contributed by atoms with E-state index in [4.69, 9.17) is 4.74 Å². The normalized spacial score (nSPS) is 13.5. The van der Waals surface area contributed by atoms with Crippen molar-refractivity contribution >= 4 is 27.7 Å². The molecule has 0 N–H and O–H groups in total. The Balaban J connectivity index is 1.96. The second-order valence-corrected chi connectivity index (χ2v) is 5.61. The lowest BCUT2D eigenvalue weighted by molar-refractivity contribution is 0.0641. The Morgan fingerprint density at radius 1 is 1.05 bits per heavy atom. The number of benzene rings is 2. The summed E-state index contributed by atoms with van der Waals surface area (Å²) in [6, 6.07) is 12.4. The van der Waals surface area contributed by atoms with Crippen LogP contribution >= 0.6 is 15.9 Å². The smallest absolute Gasteiger partial charge is 0.261 e. The number of rotatable bonds is 3. The monoisotopic (exact) mass is 345 g/mol. The summed E-state index contributed by atoms with van der Waals surface area (Å²) in [5.74, 6) is 0.116. The van der Waals surface area contributed by atoms with E-state index in [9.17, 15) is 9.59 Å². The van der Waals surface area contributed by atoms with Crippen LogP contribution in [0.25, 0.3) is 0 Å². The molecule has 106 valence electrons. The van der Waals surface area contributed by atoms with E-state index in [2.05, 4.69) is 15.9 Å². The van der Waals surface area contributed by atoms with Crippen molar-refractivity contribution in [2.75, 3.05) is 7.11 Å². The van der Waals surface area contributed by atoms with Crippen molar-refractivity contribution in [3.8, 4) is 5.75 Å². The first-order chi connectivity index (χ1) is 10.1. The molecule has 1 aliphatic rings. The molecule has 4 nitrogen and oxygen atoms in total. The van der Waals surface area contributed by atoms with Gasteiger partial charge in [0.25, 0.3) is 11.8 Å². The Bertz CT molecular complexity index is 707. The van der Waals surface area contributed by atoms with Gasteiger partial charge in [0.2, 0.25) is 0 Å². The Labute approximate surface area is 130 Å². The third-order valence-corrected chi connectivity index (χ3v) is 3.94. The van der Waals surface area contributed by atoms with Crippen molar-refractivity contribution in [3.63, 3.8) is 0 Å². The molecule has 1 heterocycles. The SMILES string of the molecule is COc1ccc(Br)cc1CN1C(=O)c2ccccc2C1=O. The number of imide groups is 1. The highest BCUT2D eigenvalue weighted by molar-refractivity contribution is 9.10. The van der Waals surface area contributed by atoms with Crippen LogP contribution in [0.15, 0.2) is 46.9 Å². The van der Waals surface area contributed by atoms with Gasteiger partial charge in [0.15, 0.2) is 0 Å². The Hall–Kier alpha value is -2.14. The van der Waals surface area contributed by atoms with Crippen LogP contribution in [-0.4, -0.2) is 23.8 Å². The van der Waals surface area contributed by atoms with Gasteiger partial charge in [-0.05, 0) is 30.3 Å². The zero-order valence-electron chi connectivity index (χ0n) is 11.3. The first-order valence-electron chi connectivity index (χ1n) is 6.39. The number of hydrogen-bond donors (Lipinski definition) is 0. The van der Waals surface area contributed by atoms with Crippen molar-refractivity contribution in [1.29, 1.82) is 0 Å². The molecule has 0 saturated carbocycles. The Morgan fingerprint density at radius 2 is 1.67 bits per heavy atom. The predicted molar refractivity (Wildman–Crippen MR) is 81.3 cm³/mol. The van der Waals surface area contributed by atoms with E-state index in [1.807, 2.05) is 12.1 Å². The van der Waals surface area contributed by atoms with Gasteiger partial charge in [-0.25, -0.2) is 0 Å². The predicted octanol–water partition coefficient (Wildman–Crippen LogP) is 3.25. The zero-order chi connectivity index (χ0) is 15.0. The zero-order valence-corrected chi connectivity index (χ0v) is 12.9. The molecule has 5 heteroatoms. The lowest BCUT2D eigenvalue weighted by atomic mass is 10.1. The van der Waals surface area contributed by atoms with Crippen molar-refractivity contribution < 1.29 is 14.3 Å². The molecule has 21 heavy (non-hydrogen) atoms. The van der Waals surface area contributed by atoms with Gasteiger partial charge in [-0.3, -0.25) is 14.5 Å². The van der Waals surface area contributed by atoms with Crippen LogP contribution in [0.5, 0.6) is 5.75 Å². The summed E-state index contributed by atoms with van der Waals surface area (Å²) in [5.41, 5.74) is 1.69.